The van der Waals surface area contributed by atoms with Crippen LogP contribution in [0.3, 0.4) is 0 Å². The number of ether oxygens (including phenoxy) is 2. The van der Waals surface area contributed by atoms with Crippen LogP contribution in [-0.4, -0.2) is 25.7 Å². The van der Waals surface area contributed by atoms with Crippen molar-refractivity contribution >= 4 is 47.2 Å². The lowest BCUT2D eigenvalue weighted by molar-refractivity contribution is 0.297. The van der Waals surface area contributed by atoms with E-state index in [1.165, 1.54) is 0 Å². The second-order valence-electron chi connectivity index (χ2n) is 6.90. The molecule has 1 heterocycles. The lowest BCUT2D eigenvalue weighted by Crippen LogP contribution is -2.28. The molecule has 2 aromatic carbocycles. The number of nitrogens with two attached hydrogens (primary N) is 1. The number of nitrogens with one attached hydrogen (secondary N) is 1. The van der Waals surface area contributed by atoms with Crippen LogP contribution >= 0.6 is 35.6 Å². The van der Waals surface area contributed by atoms with Gasteiger partial charge >= 0.3 is 0 Å². The van der Waals surface area contributed by atoms with Gasteiger partial charge in [0.25, 0.3) is 0 Å². The van der Waals surface area contributed by atoms with Gasteiger partial charge in [-0.3, -0.25) is 4.99 Å². The molecule has 0 atom stereocenters. The van der Waals surface area contributed by atoms with E-state index in [0.29, 0.717) is 25.7 Å². The van der Waals surface area contributed by atoms with Crippen molar-refractivity contribution in [1.29, 1.82) is 0 Å². The predicted octanol–water partition coefficient (Wildman–Crippen LogP) is 4.82. The molecule has 1 aliphatic heterocycles. The number of hydrogen-bond acceptors (Lipinski definition) is 3. The molecule has 0 saturated carbocycles. The molecule has 0 bridgehead atoms. The summed E-state index contributed by atoms with van der Waals surface area (Å²) in [7, 11) is 0. The maximum atomic E-state index is 6.31. The Labute approximate surface area is 182 Å². The fourth-order valence-electron chi connectivity index (χ4n) is 2.81. The van der Waals surface area contributed by atoms with Crippen LogP contribution in [0.5, 0.6) is 11.5 Å². The summed E-state index contributed by atoms with van der Waals surface area (Å²) in [6, 6.07) is 13.5. The Morgan fingerprint density at radius 1 is 1.15 bits per heavy atom. The minimum atomic E-state index is -0.227. The second kappa shape index (κ2) is 9.50. The zero-order valence-electron chi connectivity index (χ0n) is 15.5. The highest BCUT2D eigenvalue weighted by molar-refractivity contribution is 14.0. The molecular weight excluding hydrogens is 477 g/mol. The third kappa shape index (κ3) is 5.65. The Kier molecular flexibility index (Phi) is 7.61. The van der Waals surface area contributed by atoms with E-state index in [9.17, 15) is 0 Å². The van der Waals surface area contributed by atoms with Gasteiger partial charge in [-0.05, 0) is 23.8 Å². The molecule has 2 aromatic rings. The quantitative estimate of drug-likeness (QED) is 0.358. The van der Waals surface area contributed by atoms with E-state index in [1.54, 1.807) is 0 Å². The fourth-order valence-corrected chi connectivity index (χ4v) is 3.20. The number of halogens is 2. The topological polar surface area (TPSA) is 68.9 Å². The van der Waals surface area contributed by atoms with E-state index in [2.05, 4.69) is 24.2 Å². The van der Waals surface area contributed by atoms with Crippen LogP contribution < -0.4 is 20.5 Å². The standard InChI is InChI=1S/C20H24ClN3O2.HI/c1-20(2,15-6-3-4-7-16(15)21)13-23-19(22)24-14-8-9-17-18(12-14)26-11-5-10-25-17;/h3-4,6-9,12H,5,10-11,13H2,1-2H3,(H3,22,23,24);1H. The van der Waals surface area contributed by atoms with Crippen molar-refractivity contribution in [3.63, 3.8) is 0 Å². The summed E-state index contributed by atoms with van der Waals surface area (Å²) in [6.07, 6.45) is 0.873. The van der Waals surface area contributed by atoms with Crippen LogP contribution in [-0.2, 0) is 5.41 Å². The molecule has 0 saturated heterocycles. The number of fused-ring (bicyclic) bond motifs is 1. The van der Waals surface area contributed by atoms with Crippen LogP contribution in [0.4, 0.5) is 5.69 Å². The van der Waals surface area contributed by atoms with Crippen LogP contribution in [0, 0.1) is 0 Å². The number of anilines is 1. The number of aliphatic imine (C=N–C) groups is 1. The largest absolute Gasteiger partial charge is 0.490 e. The average molecular weight is 502 g/mol. The molecule has 0 amide bonds. The number of hydrogen-bond donors (Lipinski definition) is 2. The number of benzene rings is 2. The Morgan fingerprint density at radius 2 is 1.85 bits per heavy atom. The van der Waals surface area contributed by atoms with Gasteiger partial charge in [-0.15, -0.1) is 24.0 Å². The van der Waals surface area contributed by atoms with Crippen molar-refractivity contribution in [3.8, 4) is 11.5 Å². The van der Waals surface area contributed by atoms with Crippen molar-refractivity contribution in [3.05, 3.63) is 53.1 Å². The predicted molar refractivity (Wildman–Crippen MR) is 122 cm³/mol. The number of nitrogens with zero attached hydrogens (tertiary/aromatic N) is 1. The first-order valence-electron chi connectivity index (χ1n) is 8.67. The molecule has 0 radical (unpaired) electrons. The van der Waals surface area contributed by atoms with Gasteiger partial charge in [0, 0.05) is 28.6 Å². The average Bonchev–Trinajstić information content (AvgIpc) is 2.85. The minimum absolute atomic E-state index is 0. The molecule has 0 unspecified atom stereocenters. The molecular formula is C20H25ClIN3O2. The van der Waals surface area contributed by atoms with Gasteiger partial charge in [0.05, 0.1) is 19.8 Å². The minimum Gasteiger partial charge on any atom is -0.490 e. The van der Waals surface area contributed by atoms with E-state index in [1.807, 2.05) is 42.5 Å². The van der Waals surface area contributed by atoms with Crippen LogP contribution in [0.25, 0.3) is 0 Å². The van der Waals surface area contributed by atoms with Crippen LogP contribution in [0.15, 0.2) is 47.5 Å². The van der Waals surface area contributed by atoms with Crippen molar-refractivity contribution in [2.24, 2.45) is 10.7 Å². The van der Waals surface area contributed by atoms with Crippen molar-refractivity contribution < 1.29 is 9.47 Å². The van der Waals surface area contributed by atoms with E-state index in [-0.39, 0.29) is 29.4 Å². The zero-order chi connectivity index (χ0) is 18.6. The molecule has 0 aromatic heterocycles. The highest BCUT2D eigenvalue weighted by atomic mass is 127. The SMILES string of the molecule is CC(C)(CN=C(N)Nc1ccc2c(c1)OCCCO2)c1ccccc1Cl.I. The molecule has 27 heavy (non-hydrogen) atoms. The van der Waals surface area contributed by atoms with Crippen LogP contribution in [0.1, 0.15) is 25.8 Å². The third-order valence-electron chi connectivity index (χ3n) is 4.27. The first kappa shape index (κ1) is 21.6. The van der Waals surface area contributed by atoms with E-state index in [4.69, 9.17) is 26.8 Å². The highest BCUT2D eigenvalue weighted by Crippen LogP contribution is 2.32. The maximum absolute atomic E-state index is 6.31. The zero-order valence-corrected chi connectivity index (χ0v) is 18.6. The molecule has 7 heteroatoms. The third-order valence-corrected chi connectivity index (χ3v) is 4.60. The smallest absolute Gasteiger partial charge is 0.193 e. The lowest BCUT2D eigenvalue weighted by Gasteiger charge is -2.24. The van der Waals surface area contributed by atoms with E-state index < -0.39 is 0 Å². The van der Waals surface area contributed by atoms with Gasteiger partial charge in [-0.2, -0.15) is 0 Å². The number of guanidine groups is 1. The molecule has 146 valence electrons. The lowest BCUT2D eigenvalue weighted by atomic mass is 9.85. The molecule has 0 spiro atoms. The van der Waals surface area contributed by atoms with Crippen molar-refractivity contribution in [2.75, 3.05) is 25.1 Å². The van der Waals surface area contributed by atoms with Gasteiger partial charge < -0.3 is 20.5 Å². The molecule has 5 nitrogen and oxygen atoms in total. The molecule has 3 rings (SSSR count). The monoisotopic (exact) mass is 501 g/mol. The summed E-state index contributed by atoms with van der Waals surface area (Å²) >= 11 is 6.31. The second-order valence-corrected chi connectivity index (χ2v) is 7.31. The summed E-state index contributed by atoms with van der Waals surface area (Å²) in [4.78, 5) is 4.49. The van der Waals surface area contributed by atoms with Crippen molar-refractivity contribution in [2.45, 2.75) is 25.7 Å². The summed E-state index contributed by atoms with van der Waals surface area (Å²) < 4.78 is 11.3. The van der Waals surface area contributed by atoms with E-state index >= 15 is 0 Å². The van der Waals surface area contributed by atoms with Gasteiger partial charge in [0.1, 0.15) is 0 Å². The van der Waals surface area contributed by atoms with Crippen LogP contribution in [0.2, 0.25) is 5.02 Å². The van der Waals surface area contributed by atoms with Crippen molar-refractivity contribution in [1.82, 2.24) is 0 Å². The summed E-state index contributed by atoms with van der Waals surface area (Å²) in [5, 5.41) is 3.85. The summed E-state index contributed by atoms with van der Waals surface area (Å²) in [5.41, 5.74) is 7.70. The first-order chi connectivity index (χ1) is 12.5. The van der Waals surface area contributed by atoms with Gasteiger partial charge in [0.15, 0.2) is 17.5 Å². The molecule has 1 aliphatic rings. The first-order valence-corrected chi connectivity index (χ1v) is 9.05. The fraction of sp³-hybridized carbons (Fsp3) is 0.350. The molecule has 0 fully saturated rings. The Bertz CT molecular complexity index is 812. The Morgan fingerprint density at radius 3 is 2.59 bits per heavy atom. The normalized spacial score (nSPS) is 14.1. The summed E-state index contributed by atoms with van der Waals surface area (Å²) in [5.74, 6) is 1.82. The van der Waals surface area contributed by atoms with Gasteiger partial charge in [-0.25, -0.2) is 0 Å². The van der Waals surface area contributed by atoms with Gasteiger partial charge in [-0.1, -0.05) is 43.6 Å². The Hall–Kier alpha value is -1.67. The maximum Gasteiger partial charge on any atom is 0.193 e. The molecule has 3 N–H and O–H groups in total. The summed E-state index contributed by atoms with van der Waals surface area (Å²) in [6.45, 7) is 6.02. The van der Waals surface area contributed by atoms with Gasteiger partial charge in [0.2, 0.25) is 0 Å². The number of rotatable bonds is 4. The van der Waals surface area contributed by atoms with E-state index in [0.717, 1.165) is 34.2 Å². The Balaban J connectivity index is 0.00000261. The highest BCUT2D eigenvalue weighted by Gasteiger charge is 2.22. The molecule has 0 aliphatic carbocycles.